The number of guanidine groups is 1. The highest BCUT2D eigenvalue weighted by Crippen LogP contribution is 2.27. The molecule has 0 radical (unpaired) electrons. The molecule has 0 saturated carbocycles. The summed E-state index contributed by atoms with van der Waals surface area (Å²) in [6.45, 7) is 8.87. The minimum atomic E-state index is 0.424. The second kappa shape index (κ2) is 7.47. The van der Waals surface area contributed by atoms with Gasteiger partial charge >= 0.3 is 0 Å². The molecule has 2 aromatic heterocycles. The molecule has 2 aromatic rings. The van der Waals surface area contributed by atoms with Crippen molar-refractivity contribution in [1.82, 2.24) is 34.5 Å². The van der Waals surface area contributed by atoms with Gasteiger partial charge in [0.15, 0.2) is 11.8 Å². The van der Waals surface area contributed by atoms with Crippen LogP contribution in [0.15, 0.2) is 23.7 Å². The number of aromatic nitrogens is 5. The van der Waals surface area contributed by atoms with Crippen molar-refractivity contribution in [3.05, 3.63) is 30.4 Å². The van der Waals surface area contributed by atoms with Crippen LogP contribution in [-0.2, 0) is 19.5 Å². The van der Waals surface area contributed by atoms with Crippen molar-refractivity contribution in [2.75, 3.05) is 19.6 Å². The average Bonchev–Trinajstić information content (AvgIpc) is 3.38. The van der Waals surface area contributed by atoms with Crippen LogP contribution in [0, 0.1) is 5.92 Å². The minimum Gasteiger partial charge on any atom is -0.357 e. The summed E-state index contributed by atoms with van der Waals surface area (Å²) in [6.07, 6.45) is 9.19. The maximum Gasteiger partial charge on any atom is 0.194 e. The highest BCUT2D eigenvalue weighted by Gasteiger charge is 2.29. The number of imidazole rings is 1. The number of aliphatic imine (C=N–C) groups is 1. The summed E-state index contributed by atoms with van der Waals surface area (Å²) in [5.74, 6) is 3.68. The first-order valence-electron chi connectivity index (χ1n) is 9.68. The van der Waals surface area contributed by atoms with E-state index in [9.17, 15) is 0 Å². The average molecular weight is 356 g/mol. The summed E-state index contributed by atoms with van der Waals surface area (Å²) in [4.78, 5) is 11.5. The first-order valence-corrected chi connectivity index (χ1v) is 9.68. The molecule has 2 unspecified atom stereocenters. The highest BCUT2D eigenvalue weighted by atomic mass is 15.3. The Hall–Kier alpha value is -2.38. The van der Waals surface area contributed by atoms with Crippen LogP contribution in [-0.4, -0.2) is 54.8 Å². The zero-order chi connectivity index (χ0) is 17.9. The maximum atomic E-state index is 4.88. The number of piperidine rings is 1. The van der Waals surface area contributed by atoms with Crippen LogP contribution in [0.1, 0.15) is 44.4 Å². The topological polar surface area (TPSA) is 76.2 Å². The van der Waals surface area contributed by atoms with Crippen LogP contribution in [0.3, 0.4) is 0 Å². The second-order valence-corrected chi connectivity index (χ2v) is 7.25. The maximum absolute atomic E-state index is 4.88. The van der Waals surface area contributed by atoms with Crippen LogP contribution >= 0.6 is 0 Å². The Bertz CT molecular complexity index is 747. The molecule has 0 bridgehead atoms. The summed E-state index contributed by atoms with van der Waals surface area (Å²) < 4.78 is 4.45. The first-order chi connectivity index (χ1) is 12.8. The van der Waals surface area contributed by atoms with E-state index in [1.807, 2.05) is 12.5 Å². The third-order valence-electron chi connectivity index (χ3n) is 5.52. The van der Waals surface area contributed by atoms with E-state index in [2.05, 4.69) is 54.6 Å². The van der Waals surface area contributed by atoms with Crippen LogP contribution in [0.4, 0.5) is 0 Å². The van der Waals surface area contributed by atoms with Crippen molar-refractivity contribution >= 4 is 5.96 Å². The first kappa shape index (κ1) is 17.1. The van der Waals surface area contributed by atoms with E-state index < -0.39 is 0 Å². The number of fused-ring (bicyclic) bond motifs is 1. The summed E-state index contributed by atoms with van der Waals surface area (Å²) >= 11 is 0. The van der Waals surface area contributed by atoms with Gasteiger partial charge < -0.3 is 19.4 Å². The lowest BCUT2D eigenvalue weighted by atomic mass is 9.93. The molecule has 2 aliphatic heterocycles. The van der Waals surface area contributed by atoms with E-state index in [0.29, 0.717) is 18.5 Å². The fourth-order valence-corrected chi connectivity index (χ4v) is 3.99. The van der Waals surface area contributed by atoms with E-state index >= 15 is 0 Å². The van der Waals surface area contributed by atoms with Gasteiger partial charge in [-0.05, 0) is 25.7 Å². The molecule has 4 heterocycles. The molecule has 0 amide bonds. The number of rotatable bonds is 4. The Kier molecular flexibility index (Phi) is 4.90. The van der Waals surface area contributed by atoms with E-state index in [4.69, 9.17) is 4.99 Å². The van der Waals surface area contributed by atoms with Gasteiger partial charge in [0.2, 0.25) is 0 Å². The number of nitrogens with zero attached hydrogens (tertiary/aromatic N) is 7. The lowest BCUT2D eigenvalue weighted by Gasteiger charge is -2.39. The lowest BCUT2D eigenvalue weighted by molar-refractivity contribution is 0.189. The van der Waals surface area contributed by atoms with Crippen molar-refractivity contribution in [2.45, 2.75) is 52.2 Å². The monoisotopic (exact) mass is 356 g/mol. The number of hydrogen-bond donors (Lipinski definition) is 1. The summed E-state index contributed by atoms with van der Waals surface area (Å²) in [5.41, 5.74) is 0. The van der Waals surface area contributed by atoms with Gasteiger partial charge in [0, 0.05) is 45.0 Å². The minimum absolute atomic E-state index is 0.424. The normalized spacial score (nSPS) is 23.3. The van der Waals surface area contributed by atoms with Gasteiger partial charge in [0.05, 0.1) is 12.4 Å². The molecule has 1 fully saturated rings. The van der Waals surface area contributed by atoms with Gasteiger partial charge in [0.25, 0.3) is 0 Å². The van der Waals surface area contributed by atoms with Crippen molar-refractivity contribution < 1.29 is 0 Å². The molecule has 0 spiro atoms. The van der Waals surface area contributed by atoms with E-state index in [-0.39, 0.29) is 0 Å². The summed E-state index contributed by atoms with van der Waals surface area (Å²) in [5, 5.41) is 12.1. The van der Waals surface area contributed by atoms with E-state index in [1.54, 1.807) is 0 Å². The number of aryl methyl sites for hydroxylation is 1. The molecule has 8 heteroatoms. The second-order valence-electron chi connectivity index (χ2n) is 7.25. The quantitative estimate of drug-likeness (QED) is 0.663. The Labute approximate surface area is 154 Å². The molecule has 26 heavy (non-hydrogen) atoms. The molecule has 4 rings (SSSR count). The van der Waals surface area contributed by atoms with Gasteiger partial charge in [-0.1, -0.05) is 6.92 Å². The van der Waals surface area contributed by atoms with Crippen molar-refractivity contribution in [3.63, 3.8) is 0 Å². The molecule has 0 aliphatic carbocycles. The standard InChI is InChI=1S/C18H28N8/c1-3-20-18(21-11-17-23-22-16-5-4-8-26(16)17)24-9-6-14(2)15(12-24)25-10-7-19-13-25/h7,10,13-15H,3-6,8-9,11-12H2,1-2H3,(H,20,21). The molecule has 2 atom stereocenters. The van der Waals surface area contributed by atoms with Crippen LogP contribution < -0.4 is 5.32 Å². The highest BCUT2D eigenvalue weighted by molar-refractivity contribution is 5.80. The SMILES string of the molecule is CCNC(=NCc1nnc2n1CCC2)N1CCC(C)C(n2ccnc2)C1. The van der Waals surface area contributed by atoms with E-state index in [0.717, 1.165) is 63.0 Å². The number of hydrogen-bond acceptors (Lipinski definition) is 4. The molecule has 2 aliphatic rings. The van der Waals surface area contributed by atoms with Crippen LogP contribution in [0.5, 0.6) is 0 Å². The smallest absolute Gasteiger partial charge is 0.194 e. The molecule has 140 valence electrons. The Morgan fingerprint density at radius 2 is 2.27 bits per heavy atom. The van der Waals surface area contributed by atoms with Crippen molar-refractivity contribution in [3.8, 4) is 0 Å². The summed E-state index contributed by atoms with van der Waals surface area (Å²) in [6, 6.07) is 0.424. The molecular weight excluding hydrogens is 328 g/mol. The zero-order valence-electron chi connectivity index (χ0n) is 15.7. The van der Waals surface area contributed by atoms with Crippen molar-refractivity contribution in [1.29, 1.82) is 0 Å². The third kappa shape index (κ3) is 3.32. The molecular formula is C18H28N8. The van der Waals surface area contributed by atoms with Gasteiger partial charge in [-0.3, -0.25) is 0 Å². The van der Waals surface area contributed by atoms with Gasteiger partial charge in [-0.25, -0.2) is 9.98 Å². The zero-order valence-corrected chi connectivity index (χ0v) is 15.7. The molecule has 1 saturated heterocycles. The fraction of sp³-hybridized carbons (Fsp3) is 0.667. The predicted octanol–water partition coefficient (Wildman–Crippen LogP) is 1.47. The predicted molar refractivity (Wildman–Crippen MR) is 99.8 cm³/mol. The molecule has 0 aromatic carbocycles. The Morgan fingerprint density at radius 1 is 1.35 bits per heavy atom. The van der Waals surface area contributed by atoms with Gasteiger partial charge in [-0.15, -0.1) is 10.2 Å². The molecule has 8 nitrogen and oxygen atoms in total. The molecule has 1 N–H and O–H groups in total. The Morgan fingerprint density at radius 3 is 3.08 bits per heavy atom. The lowest BCUT2D eigenvalue weighted by Crippen LogP contribution is -2.49. The number of likely N-dealkylation sites (tertiary alicyclic amines) is 1. The number of nitrogens with one attached hydrogen (secondary N) is 1. The summed E-state index contributed by atoms with van der Waals surface area (Å²) in [7, 11) is 0. The van der Waals surface area contributed by atoms with Crippen LogP contribution in [0.25, 0.3) is 0 Å². The van der Waals surface area contributed by atoms with E-state index in [1.165, 1.54) is 0 Å². The van der Waals surface area contributed by atoms with Gasteiger partial charge in [-0.2, -0.15) is 0 Å². The van der Waals surface area contributed by atoms with Crippen molar-refractivity contribution in [2.24, 2.45) is 10.9 Å². The largest absolute Gasteiger partial charge is 0.357 e. The van der Waals surface area contributed by atoms with Crippen LogP contribution in [0.2, 0.25) is 0 Å². The van der Waals surface area contributed by atoms with Gasteiger partial charge in [0.1, 0.15) is 12.4 Å². The Balaban J connectivity index is 1.50. The third-order valence-corrected chi connectivity index (χ3v) is 5.52. The fourth-order valence-electron chi connectivity index (χ4n) is 3.99.